The van der Waals surface area contributed by atoms with Crippen LogP contribution < -0.4 is 0 Å². The van der Waals surface area contributed by atoms with Crippen LogP contribution in [0.4, 0.5) is 4.39 Å². The molecule has 0 saturated heterocycles. The van der Waals surface area contributed by atoms with Crippen molar-refractivity contribution in [1.29, 1.82) is 0 Å². The summed E-state index contributed by atoms with van der Waals surface area (Å²) in [6.07, 6.45) is 4.44. The number of hydrogen-bond acceptors (Lipinski definition) is 3. The Hall–Kier alpha value is -2.07. The van der Waals surface area contributed by atoms with Gasteiger partial charge in [-0.15, -0.1) is 0 Å². The molecule has 88 valence electrons. The second kappa shape index (κ2) is 4.31. The predicted octanol–water partition coefficient (Wildman–Crippen LogP) is 3.48. The number of hydrogen-bond donors (Lipinski definition) is 0. The topological polar surface area (TPSA) is 38.7 Å². The van der Waals surface area contributed by atoms with Crippen molar-refractivity contribution in [2.24, 2.45) is 0 Å². The third-order valence-electron chi connectivity index (χ3n) is 2.65. The Morgan fingerprint density at radius 1 is 1.11 bits per heavy atom. The highest BCUT2D eigenvalue weighted by Gasteiger charge is 2.11. The Kier molecular flexibility index (Phi) is 2.64. The molecule has 0 aliphatic carbocycles. The first-order chi connectivity index (χ1) is 8.75. The van der Waals surface area contributed by atoms with Gasteiger partial charge in [0.15, 0.2) is 5.82 Å². The molecule has 18 heavy (non-hydrogen) atoms. The lowest BCUT2D eigenvalue weighted by Gasteiger charge is -2.06. The van der Waals surface area contributed by atoms with Gasteiger partial charge in [0.2, 0.25) is 5.28 Å². The highest BCUT2D eigenvalue weighted by molar-refractivity contribution is 6.28. The standard InChI is InChI=1S/C13H7ClFN3/c14-13-17-7-11(15)12(18-13)9-3-1-2-8-4-5-16-6-10(8)9/h1-7H. The van der Waals surface area contributed by atoms with Crippen molar-refractivity contribution in [3.05, 3.63) is 54.0 Å². The van der Waals surface area contributed by atoms with Crippen LogP contribution in [0.1, 0.15) is 0 Å². The first-order valence-electron chi connectivity index (χ1n) is 5.27. The zero-order chi connectivity index (χ0) is 12.5. The minimum Gasteiger partial charge on any atom is -0.264 e. The highest BCUT2D eigenvalue weighted by atomic mass is 35.5. The lowest BCUT2D eigenvalue weighted by molar-refractivity contribution is 0.618. The number of pyridine rings is 1. The van der Waals surface area contributed by atoms with Crippen molar-refractivity contribution in [2.45, 2.75) is 0 Å². The van der Waals surface area contributed by atoms with E-state index >= 15 is 0 Å². The summed E-state index contributed by atoms with van der Waals surface area (Å²) >= 11 is 5.71. The Balaban J connectivity index is 2.35. The largest absolute Gasteiger partial charge is 0.264 e. The van der Waals surface area contributed by atoms with Crippen molar-refractivity contribution < 1.29 is 4.39 Å². The highest BCUT2D eigenvalue weighted by Crippen LogP contribution is 2.28. The van der Waals surface area contributed by atoms with Crippen LogP contribution in [0.5, 0.6) is 0 Å². The molecule has 3 rings (SSSR count). The van der Waals surface area contributed by atoms with Gasteiger partial charge >= 0.3 is 0 Å². The average Bonchev–Trinajstić information content (AvgIpc) is 2.41. The van der Waals surface area contributed by atoms with Crippen LogP contribution in [-0.4, -0.2) is 15.0 Å². The van der Waals surface area contributed by atoms with E-state index < -0.39 is 5.82 Å². The summed E-state index contributed by atoms with van der Waals surface area (Å²) in [6.45, 7) is 0. The van der Waals surface area contributed by atoms with Gasteiger partial charge in [-0.05, 0) is 23.1 Å². The number of aromatic nitrogens is 3. The zero-order valence-corrected chi connectivity index (χ0v) is 9.89. The summed E-state index contributed by atoms with van der Waals surface area (Å²) in [5, 5.41) is 1.82. The first kappa shape index (κ1) is 11.0. The van der Waals surface area contributed by atoms with Crippen molar-refractivity contribution in [3.8, 4) is 11.3 Å². The molecule has 0 amide bonds. The van der Waals surface area contributed by atoms with Crippen LogP contribution in [0.25, 0.3) is 22.0 Å². The monoisotopic (exact) mass is 259 g/mol. The summed E-state index contributed by atoms with van der Waals surface area (Å²) in [6, 6.07) is 7.42. The van der Waals surface area contributed by atoms with E-state index in [1.54, 1.807) is 18.5 Å². The van der Waals surface area contributed by atoms with Gasteiger partial charge in [0, 0.05) is 23.3 Å². The van der Waals surface area contributed by atoms with Gasteiger partial charge < -0.3 is 0 Å². The lowest BCUT2D eigenvalue weighted by Crippen LogP contribution is -1.93. The minimum absolute atomic E-state index is 0.0206. The van der Waals surface area contributed by atoms with Gasteiger partial charge in [-0.1, -0.05) is 18.2 Å². The molecule has 0 atom stereocenters. The molecule has 0 bridgehead atoms. The van der Waals surface area contributed by atoms with E-state index in [1.165, 1.54) is 0 Å². The number of halogens is 2. The Morgan fingerprint density at radius 3 is 2.89 bits per heavy atom. The normalized spacial score (nSPS) is 10.8. The summed E-state index contributed by atoms with van der Waals surface area (Å²) in [5.41, 5.74) is 0.844. The summed E-state index contributed by atoms with van der Waals surface area (Å²) < 4.78 is 13.8. The van der Waals surface area contributed by atoms with Gasteiger partial charge in [0.25, 0.3) is 0 Å². The van der Waals surface area contributed by atoms with Crippen LogP contribution in [0.2, 0.25) is 5.28 Å². The van der Waals surface area contributed by atoms with Crippen LogP contribution in [0.3, 0.4) is 0 Å². The SMILES string of the molecule is Fc1cnc(Cl)nc1-c1cccc2ccncc12. The van der Waals surface area contributed by atoms with E-state index in [-0.39, 0.29) is 11.0 Å². The molecule has 0 saturated carbocycles. The molecule has 0 fully saturated rings. The van der Waals surface area contributed by atoms with E-state index in [0.717, 1.165) is 17.0 Å². The second-order valence-electron chi connectivity index (χ2n) is 3.74. The Labute approximate surface area is 107 Å². The molecular weight excluding hydrogens is 253 g/mol. The smallest absolute Gasteiger partial charge is 0.223 e. The van der Waals surface area contributed by atoms with E-state index in [1.807, 2.05) is 18.2 Å². The van der Waals surface area contributed by atoms with E-state index in [2.05, 4.69) is 15.0 Å². The van der Waals surface area contributed by atoms with Gasteiger partial charge in [-0.3, -0.25) is 4.98 Å². The molecule has 0 N–H and O–H groups in total. The first-order valence-corrected chi connectivity index (χ1v) is 5.64. The van der Waals surface area contributed by atoms with Crippen molar-refractivity contribution in [3.63, 3.8) is 0 Å². The molecule has 3 aromatic rings. The quantitative estimate of drug-likeness (QED) is 0.628. The molecule has 0 unspecified atom stereocenters. The Bertz CT molecular complexity index is 725. The van der Waals surface area contributed by atoms with Crippen LogP contribution >= 0.6 is 11.6 Å². The summed E-state index contributed by atoms with van der Waals surface area (Å²) in [5.74, 6) is -0.504. The molecule has 0 aliphatic heterocycles. The average molecular weight is 260 g/mol. The second-order valence-corrected chi connectivity index (χ2v) is 4.08. The number of benzene rings is 1. The molecular formula is C13H7ClFN3. The summed E-state index contributed by atoms with van der Waals surface area (Å²) in [4.78, 5) is 11.6. The van der Waals surface area contributed by atoms with E-state index in [4.69, 9.17) is 11.6 Å². The third-order valence-corrected chi connectivity index (χ3v) is 2.84. The fraction of sp³-hybridized carbons (Fsp3) is 0. The fourth-order valence-electron chi connectivity index (χ4n) is 1.85. The lowest BCUT2D eigenvalue weighted by atomic mass is 10.0. The molecule has 2 heterocycles. The van der Waals surface area contributed by atoms with Crippen molar-refractivity contribution in [2.75, 3.05) is 0 Å². The molecule has 0 radical (unpaired) electrons. The van der Waals surface area contributed by atoms with Crippen molar-refractivity contribution >= 4 is 22.4 Å². The van der Waals surface area contributed by atoms with E-state index in [0.29, 0.717) is 5.56 Å². The fourth-order valence-corrected chi connectivity index (χ4v) is 1.99. The van der Waals surface area contributed by atoms with Crippen molar-refractivity contribution in [1.82, 2.24) is 15.0 Å². The predicted molar refractivity (Wildman–Crippen MR) is 67.7 cm³/mol. The Morgan fingerprint density at radius 2 is 2.00 bits per heavy atom. The molecule has 0 aliphatic rings. The van der Waals surface area contributed by atoms with Gasteiger partial charge in [0.05, 0.1) is 6.20 Å². The van der Waals surface area contributed by atoms with Crippen LogP contribution in [0, 0.1) is 5.82 Å². The van der Waals surface area contributed by atoms with Gasteiger partial charge in [0.1, 0.15) is 5.69 Å². The summed E-state index contributed by atoms with van der Waals surface area (Å²) in [7, 11) is 0. The van der Waals surface area contributed by atoms with Gasteiger partial charge in [-0.2, -0.15) is 0 Å². The van der Waals surface area contributed by atoms with Gasteiger partial charge in [-0.25, -0.2) is 14.4 Å². The third kappa shape index (κ3) is 1.80. The van der Waals surface area contributed by atoms with Crippen LogP contribution in [0.15, 0.2) is 42.9 Å². The maximum Gasteiger partial charge on any atom is 0.223 e. The maximum absolute atomic E-state index is 13.8. The zero-order valence-electron chi connectivity index (χ0n) is 9.14. The number of fused-ring (bicyclic) bond motifs is 1. The molecule has 0 spiro atoms. The van der Waals surface area contributed by atoms with E-state index in [9.17, 15) is 4.39 Å². The number of nitrogens with zero attached hydrogens (tertiary/aromatic N) is 3. The minimum atomic E-state index is -0.504. The van der Waals surface area contributed by atoms with Crippen LogP contribution in [-0.2, 0) is 0 Å². The number of rotatable bonds is 1. The molecule has 5 heteroatoms. The molecule has 1 aromatic carbocycles. The molecule has 3 nitrogen and oxygen atoms in total. The maximum atomic E-state index is 13.8. The molecule has 2 aromatic heterocycles.